The van der Waals surface area contributed by atoms with E-state index in [0.29, 0.717) is 0 Å². The molecule has 1 aliphatic rings. The minimum absolute atomic E-state index is 0. The molecule has 0 atom stereocenters. The van der Waals surface area contributed by atoms with E-state index in [2.05, 4.69) is 26.0 Å². The van der Waals surface area contributed by atoms with Gasteiger partial charge in [-0.3, -0.25) is 0 Å². The fourth-order valence-corrected chi connectivity index (χ4v) is 0.890. The Morgan fingerprint density at radius 3 is 2.56 bits per heavy atom. The zero-order valence-corrected chi connectivity index (χ0v) is 8.45. The maximum atomic E-state index is 3.28. The Bertz CT molecular complexity index is 143. The van der Waals surface area contributed by atoms with Crippen LogP contribution in [0, 0.1) is 6.08 Å². The summed E-state index contributed by atoms with van der Waals surface area (Å²) < 4.78 is 0. The SMILES string of the molecule is CCC1=[C-]C(C)=CC1.[Zr]. The van der Waals surface area contributed by atoms with Gasteiger partial charge >= 0.3 is 0 Å². The van der Waals surface area contributed by atoms with Gasteiger partial charge in [0, 0.05) is 26.2 Å². The number of allylic oxidation sites excluding steroid dienone is 4. The largest absolute Gasteiger partial charge is 0.250 e. The first-order valence-electron chi connectivity index (χ1n) is 3.11. The van der Waals surface area contributed by atoms with E-state index in [0.717, 1.165) is 12.8 Å². The monoisotopic (exact) mass is 197 g/mol. The molecule has 0 bridgehead atoms. The summed E-state index contributed by atoms with van der Waals surface area (Å²) in [5, 5.41) is 0. The summed E-state index contributed by atoms with van der Waals surface area (Å²) in [5.74, 6) is 0. The van der Waals surface area contributed by atoms with Gasteiger partial charge in [-0.15, -0.1) is 0 Å². The molecule has 9 heavy (non-hydrogen) atoms. The molecular formula is C8H11Zr-. The smallest absolute Gasteiger partial charge is 0 e. The summed E-state index contributed by atoms with van der Waals surface area (Å²) >= 11 is 0. The topological polar surface area (TPSA) is 0 Å². The summed E-state index contributed by atoms with van der Waals surface area (Å²) in [6, 6.07) is 0. The molecule has 0 N–H and O–H groups in total. The molecule has 0 spiro atoms. The number of hydrogen-bond donors (Lipinski definition) is 0. The van der Waals surface area contributed by atoms with Gasteiger partial charge < -0.3 is 0 Å². The van der Waals surface area contributed by atoms with E-state index in [1.54, 1.807) is 0 Å². The van der Waals surface area contributed by atoms with Crippen LogP contribution in [0.2, 0.25) is 0 Å². The Balaban J connectivity index is 0.000000640. The van der Waals surface area contributed by atoms with Crippen LogP contribution in [0.15, 0.2) is 17.2 Å². The van der Waals surface area contributed by atoms with Crippen molar-refractivity contribution >= 4 is 0 Å². The van der Waals surface area contributed by atoms with Crippen LogP contribution < -0.4 is 0 Å². The molecule has 0 saturated carbocycles. The van der Waals surface area contributed by atoms with Gasteiger partial charge in [0.2, 0.25) is 0 Å². The molecule has 0 radical (unpaired) electrons. The molecule has 0 nitrogen and oxygen atoms in total. The molecule has 0 aromatic rings. The molecule has 0 fully saturated rings. The average Bonchev–Trinajstić information content (AvgIpc) is 2.14. The van der Waals surface area contributed by atoms with Crippen LogP contribution in [-0.4, -0.2) is 0 Å². The van der Waals surface area contributed by atoms with E-state index >= 15 is 0 Å². The second-order valence-electron chi connectivity index (χ2n) is 2.17. The van der Waals surface area contributed by atoms with Crippen molar-refractivity contribution in [3.8, 4) is 0 Å². The zero-order chi connectivity index (χ0) is 5.98. The first kappa shape index (κ1) is 9.36. The molecule has 0 saturated heterocycles. The van der Waals surface area contributed by atoms with Crippen LogP contribution in [0.25, 0.3) is 0 Å². The van der Waals surface area contributed by atoms with Gasteiger partial charge in [-0.2, -0.15) is 5.57 Å². The summed E-state index contributed by atoms with van der Waals surface area (Å²) in [6.45, 7) is 4.28. The van der Waals surface area contributed by atoms with Crippen LogP contribution >= 0.6 is 0 Å². The van der Waals surface area contributed by atoms with Crippen LogP contribution in [0.5, 0.6) is 0 Å². The number of rotatable bonds is 1. The molecule has 1 rings (SSSR count). The normalized spacial score (nSPS) is 16.2. The maximum Gasteiger partial charge on any atom is 0 e. The Labute approximate surface area is 76.2 Å². The van der Waals surface area contributed by atoms with Gasteiger partial charge in [0.1, 0.15) is 0 Å². The Morgan fingerprint density at radius 1 is 1.67 bits per heavy atom. The van der Waals surface area contributed by atoms with E-state index in [9.17, 15) is 0 Å². The van der Waals surface area contributed by atoms with Crippen molar-refractivity contribution in [2.24, 2.45) is 0 Å². The van der Waals surface area contributed by atoms with E-state index in [1.807, 2.05) is 0 Å². The first-order valence-corrected chi connectivity index (χ1v) is 3.11. The summed E-state index contributed by atoms with van der Waals surface area (Å²) in [7, 11) is 0. The Morgan fingerprint density at radius 2 is 2.33 bits per heavy atom. The van der Waals surface area contributed by atoms with Crippen LogP contribution in [-0.2, 0) is 26.2 Å². The number of hydrogen-bond acceptors (Lipinski definition) is 0. The van der Waals surface area contributed by atoms with Gasteiger partial charge in [-0.05, 0) is 0 Å². The molecule has 48 valence electrons. The van der Waals surface area contributed by atoms with Crippen molar-refractivity contribution in [1.29, 1.82) is 0 Å². The van der Waals surface area contributed by atoms with Gasteiger partial charge in [-0.25, -0.2) is 17.7 Å². The molecule has 0 heterocycles. The molecule has 1 aliphatic carbocycles. The zero-order valence-electron chi connectivity index (χ0n) is 5.99. The third kappa shape index (κ3) is 2.62. The molecule has 0 aromatic carbocycles. The van der Waals surface area contributed by atoms with Crippen molar-refractivity contribution in [3.63, 3.8) is 0 Å². The third-order valence-electron chi connectivity index (χ3n) is 1.46. The van der Waals surface area contributed by atoms with Crippen molar-refractivity contribution in [3.05, 3.63) is 23.3 Å². The molecule has 0 aromatic heterocycles. The standard InChI is InChI=1S/C8H11.Zr/c1-3-8-5-4-7(2)6-8;/h4H,3,5H2,1-2H3;/q-1;. The van der Waals surface area contributed by atoms with E-state index < -0.39 is 0 Å². The van der Waals surface area contributed by atoms with Crippen LogP contribution in [0.4, 0.5) is 0 Å². The van der Waals surface area contributed by atoms with Crippen molar-refractivity contribution in [2.45, 2.75) is 26.7 Å². The minimum atomic E-state index is 0. The fourth-order valence-electron chi connectivity index (χ4n) is 0.890. The van der Waals surface area contributed by atoms with Gasteiger partial charge in [-0.1, -0.05) is 26.7 Å². The van der Waals surface area contributed by atoms with Gasteiger partial charge in [0.15, 0.2) is 0 Å². The fraction of sp³-hybridized carbons (Fsp3) is 0.500. The van der Waals surface area contributed by atoms with Gasteiger partial charge in [0.05, 0.1) is 0 Å². The quantitative estimate of drug-likeness (QED) is 0.568. The average molecular weight is 198 g/mol. The van der Waals surface area contributed by atoms with Crippen molar-refractivity contribution < 1.29 is 26.2 Å². The molecule has 0 aliphatic heterocycles. The third-order valence-corrected chi connectivity index (χ3v) is 1.46. The Hall–Kier alpha value is 0.363. The molecule has 1 heteroatoms. The van der Waals surface area contributed by atoms with E-state index in [-0.39, 0.29) is 26.2 Å². The van der Waals surface area contributed by atoms with Crippen LogP contribution in [0.1, 0.15) is 26.7 Å². The van der Waals surface area contributed by atoms with Crippen LogP contribution in [0.3, 0.4) is 0 Å². The Kier molecular flexibility index (Phi) is 4.39. The second-order valence-corrected chi connectivity index (χ2v) is 2.17. The maximum absolute atomic E-state index is 3.28. The first-order chi connectivity index (χ1) is 3.83. The van der Waals surface area contributed by atoms with Gasteiger partial charge in [0.25, 0.3) is 0 Å². The molecular weight excluding hydrogens is 187 g/mol. The van der Waals surface area contributed by atoms with E-state index in [4.69, 9.17) is 0 Å². The molecule has 0 amide bonds. The summed E-state index contributed by atoms with van der Waals surface area (Å²) in [5.41, 5.74) is 2.75. The predicted molar refractivity (Wildman–Crippen MR) is 35.4 cm³/mol. The predicted octanol–water partition coefficient (Wildman–Crippen LogP) is 2.47. The minimum Gasteiger partial charge on any atom is -0.250 e. The summed E-state index contributed by atoms with van der Waals surface area (Å²) in [6.07, 6.45) is 7.80. The van der Waals surface area contributed by atoms with Crippen molar-refractivity contribution in [2.75, 3.05) is 0 Å². The molecule has 0 unspecified atom stereocenters. The van der Waals surface area contributed by atoms with Crippen molar-refractivity contribution in [1.82, 2.24) is 0 Å². The second kappa shape index (κ2) is 4.22. The summed E-state index contributed by atoms with van der Waals surface area (Å²) in [4.78, 5) is 0. The van der Waals surface area contributed by atoms with E-state index in [1.165, 1.54) is 11.1 Å².